The van der Waals surface area contributed by atoms with Crippen LogP contribution in [-0.4, -0.2) is 21.5 Å². The van der Waals surface area contributed by atoms with Gasteiger partial charge in [0.25, 0.3) is 5.69 Å². The Morgan fingerprint density at radius 1 is 1.47 bits per heavy atom. The topological polar surface area (TPSA) is 106 Å². The van der Waals surface area contributed by atoms with Gasteiger partial charge in [-0.25, -0.2) is 0 Å². The van der Waals surface area contributed by atoms with Crippen LogP contribution < -0.4 is 5.73 Å². The summed E-state index contributed by atoms with van der Waals surface area (Å²) >= 11 is 0. The summed E-state index contributed by atoms with van der Waals surface area (Å²) in [6.07, 6.45) is 0.441. The first-order valence-electron chi connectivity index (χ1n) is 5.14. The number of hydrogen-bond acceptors (Lipinski definition) is 4. The van der Waals surface area contributed by atoms with Crippen molar-refractivity contribution < 1.29 is 14.8 Å². The van der Waals surface area contributed by atoms with Gasteiger partial charge in [0.05, 0.1) is 4.92 Å². The molecule has 1 aromatic carbocycles. The highest BCUT2D eigenvalue weighted by atomic mass is 16.6. The van der Waals surface area contributed by atoms with Gasteiger partial charge in [-0.2, -0.15) is 0 Å². The van der Waals surface area contributed by atoms with E-state index in [4.69, 9.17) is 10.8 Å². The maximum absolute atomic E-state index is 11.0. The van der Waals surface area contributed by atoms with Crippen LogP contribution in [0.25, 0.3) is 0 Å². The molecule has 0 heterocycles. The maximum Gasteiger partial charge on any atom is 0.324 e. The Balaban J connectivity index is 2.88. The average molecular weight is 238 g/mol. The summed E-state index contributed by atoms with van der Waals surface area (Å²) in [6, 6.07) is 5.73. The summed E-state index contributed by atoms with van der Waals surface area (Å²) in [7, 11) is 0. The zero-order valence-corrected chi connectivity index (χ0v) is 9.42. The van der Waals surface area contributed by atoms with Crippen LogP contribution in [-0.2, 0) is 11.2 Å². The van der Waals surface area contributed by atoms with Crippen molar-refractivity contribution in [3.05, 3.63) is 39.9 Å². The monoisotopic (exact) mass is 238 g/mol. The number of nitro groups is 1. The third-order valence-electron chi connectivity index (χ3n) is 2.72. The van der Waals surface area contributed by atoms with E-state index in [2.05, 4.69) is 0 Å². The first kappa shape index (κ1) is 13.1. The maximum atomic E-state index is 11.0. The molecule has 6 heteroatoms. The van der Waals surface area contributed by atoms with E-state index in [0.717, 1.165) is 0 Å². The highest BCUT2D eigenvalue weighted by Gasteiger charge is 2.31. The molecule has 0 aliphatic carbocycles. The molecule has 6 nitrogen and oxygen atoms in total. The Kier molecular flexibility index (Phi) is 3.80. The standard InChI is InChI=1S/C11H14N2O4/c1-2-11(12,10(14)15)7-8-3-5-9(6-4-8)13(16)17/h3-6H,2,7,12H2,1H3,(H,14,15). The van der Waals surface area contributed by atoms with E-state index in [9.17, 15) is 14.9 Å². The average Bonchev–Trinajstić information content (AvgIpc) is 2.29. The second kappa shape index (κ2) is 4.92. The lowest BCUT2D eigenvalue weighted by Gasteiger charge is -2.22. The molecule has 0 radical (unpaired) electrons. The van der Waals surface area contributed by atoms with Crippen LogP contribution in [0.5, 0.6) is 0 Å². The molecule has 0 bridgehead atoms. The Morgan fingerprint density at radius 2 is 2.00 bits per heavy atom. The Hall–Kier alpha value is -1.95. The number of benzene rings is 1. The zero-order chi connectivity index (χ0) is 13.1. The largest absolute Gasteiger partial charge is 0.480 e. The van der Waals surface area contributed by atoms with E-state index in [-0.39, 0.29) is 12.1 Å². The first-order valence-corrected chi connectivity index (χ1v) is 5.14. The Morgan fingerprint density at radius 3 is 2.35 bits per heavy atom. The van der Waals surface area contributed by atoms with Crippen LogP contribution in [0.4, 0.5) is 5.69 Å². The van der Waals surface area contributed by atoms with Gasteiger partial charge in [-0.3, -0.25) is 14.9 Å². The van der Waals surface area contributed by atoms with Gasteiger partial charge < -0.3 is 10.8 Å². The van der Waals surface area contributed by atoms with Crippen molar-refractivity contribution >= 4 is 11.7 Å². The molecule has 0 aromatic heterocycles. The summed E-state index contributed by atoms with van der Waals surface area (Å²) in [6.45, 7) is 1.69. The summed E-state index contributed by atoms with van der Waals surface area (Å²) < 4.78 is 0. The molecule has 0 saturated carbocycles. The molecule has 1 aromatic rings. The summed E-state index contributed by atoms with van der Waals surface area (Å²) in [5.74, 6) is -1.07. The van der Waals surface area contributed by atoms with E-state index in [1.54, 1.807) is 6.92 Å². The van der Waals surface area contributed by atoms with Crippen LogP contribution in [0.2, 0.25) is 0 Å². The minimum atomic E-state index is -1.32. The lowest BCUT2D eigenvalue weighted by molar-refractivity contribution is -0.384. The van der Waals surface area contributed by atoms with E-state index in [1.807, 2.05) is 0 Å². The highest BCUT2D eigenvalue weighted by molar-refractivity contribution is 5.78. The van der Waals surface area contributed by atoms with E-state index >= 15 is 0 Å². The first-order chi connectivity index (χ1) is 7.89. The predicted octanol–water partition coefficient (Wildman–Crippen LogP) is 1.33. The molecule has 0 aliphatic rings. The van der Waals surface area contributed by atoms with Gasteiger partial charge in [-0.15, -0.1) is 0 Å². The SMILES string of the molecule is CCC(N)(Cc1ccc([N+](=O)[O-])cc1)C(=O)O. The van der Waals surface area contributed by atoms with Gasteiger partial charge in [0.2, 0.25) is 0 Å². The van der Waals surface area contributed by atoms with Crippen molar-refractivity contribution in [2.75, 3.05) is 0 Å². The van der Waals surface area contributed by atoms with Gasteiger partial charge in [-0.05, 0) is 12.0 Å². The Bertz CT molecular complexity index is 430. The fourth-order valence-electron chi connectivity index (χ4n) is 1.45. The number of aliphatic carboxylic acids is 1. The van der Waals surface area contributed by atoms with Crippen LogP contribution in [0.3, 0.4) is 0 Å². The predicted molar refractivity (Wildman–Crippen MR) is 61.6 cm³/mol. The van der Waals surface area contributed by atoms with Gasteiger partial charge in [0, 0.05) is 18.6 Å². The quantitative estimate of drug-likeness (QED) is 0.594. The lowest BCUT2D eigenvalue weighted by Crippen LogP contribution is -2.49. The fraction of sp³-hybridized carbons (Fsp3) is 0.364. The number of rotatable bonds is 5. The summed E-state index contributed by atoms with van der Waals surface area (Å²) in [5, 5.41) is 19.5. The Labute approximate surface area is 98.2 Å². The number of carboxylic acid groups (broad SMARTS) is 1. The number of carbonyl (C=O) groups is 1. The van der Waals surface area contributed by atoms with Gasteiger partial charge in [0.1, 0.15) is 5.54 Å². The minimum absolute atomic E-state index is 0.0248. The third kappa shape index (κ3) is 3.01. The molecule has 0 spiro atoms. The normalized spacial score (nSPS) is 14.0. The number of nitrogens with zero attached hydrogens (tertiary/aromatic N) is 1. The van der Waals surface area contributed by atoms with Crippen LogP contribution in [0.1, 0.15) is 18.9 Å². The molecular formula is C11H14N2O4. The lowest BCUT2D eigenvalue weighted by atomic mass is 9.89. The van der Waals surface area contributed by atoms with Crippen LogP contribution in [0.15, 0.2) is 24.3 Å². The molecule has 0 aliphatic heterocycles. The van der Waals surface area contributed by atoms with Crippen molar-refractivity contribution in [1.82, 2.24) is 0 Å². The highest BCUT2D eigenvalue weighted by Crippen LogP contribution is 2.18. The van der Waals surface area contributed by atoms with E-state index < -0.39 is 16.4 Å². The molecule has 1 unspecified atom stereocenters. The number of nitro benzene ring substituents is 1. The van der Waals surface area contributed by atoms with E-state index in [0.29, 0.717) is 12.0 Å². The number of nitrogens with two attached hydrogens (primary N) is 1. The molecule has 1 atom stereocenters. The number of hydrogen-bond donors (Lipinski definition) is 2. The molecule has 3 N–H and O–H groups in total. The molecule has 0 saturated heterocycles. The fourth-order valence-corrected chi connectivity index (χ4v) is 1.45. The van der Waals surface area contributed by atoms with Crippen molar-refractivity contribution in [2.45, 2.75) is 25.3 Å². The van der Waals surface area contributed by atoms with Crippen molar-refractivity contribution in [1.29, 1.82) is 0 Å². The molecule has 92 valence electrons. The molecule has 1 rings (SSSR count). The van der Waals surface area contributed by atoms with Crippen molar-refractivity contribution in [3.63, 3.8) is 0 Å². The zero-order valence-electron chi connectivity index (χ0n) is 9.42. The molecular weight excluding hydrogens is 224 g/mol. The molecule has 0 amide bonds. The van der Waals surface area contributed by atoms with Crippen LogP contribution in [0, 0.1) is 10.1 Å². The number of non-ortho nitro benzene ring substituents is 1. The van der Waals surface area contributed by atoms with Crippen LogP contribution >= 0.6 is 0 Å². The van der Waals surface area contributed by atoms with Gasteiger partial charge in [-0.1, -0.05) is 19.1 Å². The van der Waals surface area contributed by atoms with Crippen molar-refractivity contribution in [3.8, 4) is 0 Å². The summed E-state index contributed by atoms with van der Waals surface area (Å²) in [4.78, 5) is 20.9. The second-order valence-corrected chi connectivity index (χ2v) is 3.92. The number of carboxylic acids is 1. The second-order valence-electron chi connectivity index (χ2n) is 3.92. The van der Waals surface area contributed by atoms with Crippen molar-refractivity contribution in [2.24, 2.45) is 5.73 Å². The molecule has 17 heavy (non-hydrogen) atoms. The van der Waals surface area contributed by atoms with E-state index in [1.165, 1.54) is 24.3 Å². The smallest absolute Gasteiger partial charge is 0.324 e. The summed E-state index contributed by atoms with van der Waals surface area (Å²) in [5.41, 5.74) is 5.06. The minimum Gasteiger partial charge on any atom is -0.480 e. The molecule has 0 fully saturated rings. The third-order valence-corrected chi connectivity index (χ3v) is 2.72. The van der Waals surface area contributed by atoms with Gasteiger partial charge in [0.15, 0.2) is 0 Å². The van der Waals surface area contributed by atoms with Gasteiger partial charge >= 0.3 is 5.97 Å².